The number of esters is 1. The molecule has 7 nitrogen and oxygen atoms in total. The molecule has 2 aromatic rings. The van der Waals surface area contributed by atoms with Crippen LogP contribution in [0.25, 0.3) is 0 Å². The highest BCUT2D eigenvalue weighted by molar-refractivity contribution is 5.73. The Balaban J connectivity index is 1.67. The molecule has 30 heavy (non-hydrogen) atoms. The summed E-state index contributed by atoms with van der Waals surface area (Å²) in [5.41, 5.74) is 2.50. The van der Waals surface area contributed by atoms with Crippen molar-refractivity contribution in [2.75, 3.05) is 25.6 Å². The van der Waals surface area contributed by atoms with Crippen LogP contribution in [0, 0.1) is 0 Å². The number of methoxy groups -OCH3 is 1. The van der Waals surface area contributed by atoms with Gasteiger partial charge < -0.3 is 19.5 Å². The van der Waals surface area contributed by atoms with E-state index in [1.165, 1.54) is 19.5 Å². The minimum Gasteiger partial charge on any atom is -0.469 e. The van der Waals surface area contributed by atoms with E-state index in [-0.39, 0.29) is 24.4 Å². The van der Waals surface area contributed by atoms with E-state index in [4.69, 9.17) is 14.2 Å². The number of fused-ring (bicyclic) bond motifs is 1. The van der Waals surface area contributed by atoms with E-state index < -0.39 is 18.2 Å². The molecule has 1 N–H and O–H groups in total. The second-order valence-corrected chi connectivity index (χ2v) is 7.35. The Bertz CT molecular complexity index is 948. The summed E-state index contributed by atoms with van der Waals surface area (Å²) in [5.74, 6) is -2.81. The number of carbonyl (C=O) groups is 1. The maximum Gasteiger partial charge on any atom is 0.311 e. The SMILES string of the molecule is COC(=O)Cc1ncnc(N[C@H](C)c2cccc3c2CCC3(F)F)c1C1OCCO1. The van der Waals surface area contributed by atoms with Gasteiger partial charge in [0.2, 0.25) is 0 Å². The second-order valence-electron chi connectivity index (χ2n) is 7.35. The van der Waals surface area contributed by atoms with Crippen LogP contribution in [0.5, 0.6) is 0 Å². The van der Waals surface area contributed by atoms with Crippen molar-refractivity contribution in [1.29, 1.82) is 0 Å². The van der Waals surface area contributed by atoms with Crippen LogP contribution in [0.4, 0.5) is 14.6 Å². The lowest BCUT2D eigenvalue weighted by Crippen LogP contribution is -2.18. The third kappa shape index (κ3) is 3.87. The number of nitrogens with zero attached hydrogens (tertiary/aromatic N) is 2. The summed E-state index contributed by atoms with van der Waals surface area (Å²) in [6.45, 7) is 2.70. The summed E-state index contributed by atoms with van der Waals surface area (Å²) in [7, 11) is 1.30. The smallest absolute Gasteiger partial charge is 0.311 e. The van der Waals surface area contributed by atoms with Gasteiger partial charge in [0.15, 0.2) is 6.29 Å². The second kappa shape index (κ2) is 8.23. The number of carbonyl (C=O) groups excluding carboxylic acids is 1. The van der Waals surface area contributed by atoms with Gasteiger partial charge in [-0.25, -0.2) is 18.7 Å². The molecule has 0 unspecified atom stereocenters. The lowest BCUT2D eigenvalue weighted by atomic mass is 9.97. The van der Waals surface area contributed by atoms with Crippen LogP contribution in [0.2, 0.25) is 0 Å². The third-order valence-electron chi connectivity index (χ3n) is 5.48. The summed E-state index contributed by atoms with van der Waals surface area (Å²) in [4.78, 5) is 20.4. The summed E-state index contributed by atoms with van der Waals surface area (Å²) < 4.78 is 44.4. The number of hydrogen-bond donors (Lipinski definition) is 1. The Labute approximate surface area is 172 Å². The molecule has 0 radical (unpaired) electrons. The number of rotatable bonds is 6. The van der Waals surface area contributed by atoms with Gasteiger partial charge in [0.05, 0.1) is 44.0 Å². The van der Waals surface area contributed by atoms with Crippen LogP contribution in [-0.2, 0) is 37.8 Å². The Morgan fingerprint density at radius 3 is 2.83 bits per heavy atom. The van der Waals surface area contributed by atoms with Crippen molar-refractivity contribution in [2.24, 2.45) is 0 Å². The number of halogens is 2. The molecule has 2 aliphatic rings. The van der Waals surface area contributed by atoms with Crippen LogP contribution in [-0.4, -0.2) is 36.3 Å². The van der Waals surface area contributed by atoms with Gasteiger partial charge in [-0.2, -0.15) is 0 Å². The lowest BCUT2D eigenvalue weighted by molar-refractivity contribution is -0.139. The predicted molar refractivity (Wildman–Crippen MR) is 103 cm³/mol. The highest BCUT2D eigenvalue weighted by Crippen LogP contribution is 2.44. The minimum absolute atomic E-state index is 0.0619. The van der Waals surface area contributed by atoms with Gasteiger partial charge in [-0.3, -0.25) is 4.79 Å². The van der Waals surface area contributed by atoms with E-state index in [1.807, 2.05) is 13.0 Å². The molecule has 160 valence electrons. The first kappa shape index (κ1) is 20.6. The summed E-state index contributed by atoms with van der Waals surface area (Å²) in [6, 6.07) is 4.67. The molecule has 0 bridgehead atoms. The van der Waals surface area contributed by atoms with Crippen molar-refractivity contribution < 1.29 is 27.8 Å². The van der Waals surface area contributed by atoms with Crippen molar-refractivity contribution in [3.8, 4) is 0 Å². The molecule has 0 saturated carbocycles. The largest absolute Gasteiger partial charge is 0.469 e. The number of alkyl halides is 2. The molecule has 9 heteroatoms. The van der Waals surface area contributed by atoms with Crippen molar-refractivity contribution in [3.63, 3.8) is 0 Å². The van der Waals surface area contributed by atoms with Crippen LogP contribution in [0.15, 0.2) is 24.5 Å². The number of anilines is 1. The van der Waals surface area contributed by atoms with E-state index in [0.29, 0.717) is 42.3 Å². The number of aromatic nitrogens is 2. The molecule has 0 amide bonds. The van der Waals surface area contributed by atoms with E-state index in [0.717, 1.165) is 5.56 Å². The highest BCUT2D eigenvalue weighted by atomic mass is 19.3. The first-order valence-corrected chi connectivity index (χ1v) is 9.81. The number of benzene rings is 1. The van der Waals surface area contributed by atoms with Gasteiger partial charge in [0.25, 0.3) is 5.92 Å². The standard InChI is InChI=1S/C21H23F2N3O4/c1-12(13-4-3-5-15-14(13)6-7-21(15,22)23)26-19-18(20-29-8-9-30-20)16(24-11-25-19)10-17(27)28-2/h3-5,11-12,20H,6-10H2,1-2H3,(H,24,25,26)/t12-/m1/s1. The Hall–Kier alpha value is -2.65. The van der Waals surface area contributed by atoms with Crippen LogP contribution < -0.4 is 5.32 Å². The molecule has 1 saturated heterocycles. The van der Waals surface area contributed by atoms with Crippen molar-refractivity contribution in [2.45, 2.75) is 44.4 Å². The number of hydrogen-bond acceptors (Lipinski definition) is 7. The molecule has 2 heterocycles. The molecule has 4 rings (SSSR count). The van der Waals surface area contributed by atoms with Crippen LogP contribution in [0.1, 0.15) is 53.6 Å². The first-order valence-electron chi connectivity index (χ1n) is 9.81. The number of nitrogens with one attached hydrogen (secondary N) is 1. The highest BCUT2D eigenvalue weighted by Gasteiger charge is 2.40. The van der Waals surface area contributed by atoms with Gasteiger partial charge in [-0.15, -0.1) is 0 Å². The summed E-state index contributed by atoms with van der Waals surface area (Å²) in [5, 5.41) is 3.28. The molecule has 1 aromatic heterocycles. The molecule has 1 aliphatic heterocycles. The average Bonchev–Trinajstić information content (AvgIpc) is 3.36. The summed E-state index contributed by atoms with van der Waals surface area (Å²) in [6.07, 6.45) is 0.705. The number of ether oxygens (including phenoxy) is 3. The Morgan fingerprint density at radius 2 is 2.10 bits per heavy atom. The van der Waals surface area contributed by atoms with Crippen LogP contribution >= 0.6 is 0 Å². The maximum atomic E-state index is 14.2. The first-order chi connectivity index (χ1) is 14.4. The molecule has 1 aromatic carbocycles. The summed E-state index contributed by atoms with van der Waals surface area (Å²) >= 11 is 0. The zero-order chi connectivity index (χ0) is 21.3. The fraction of sp³-hybridized carbons (Fsp3) is 0.476. The quantitative estimate of drug-likeness (QED) is 0.718. The zero-order valence-corrected chi connectivity index (χ0v) is 16.8. The molecular formula is C21H23F2N3O4. The minimum atomic E-state index is -2.80. The lowest BCUT2D eigenvalue weighted by Gasteiger charge is -2.23. The molecule has 1 atom stereocenters. The van der Waals surface area contributed by atoms with Gasteiger partial charge in [0.1, 0.15) is 12.1 Å². The normalized spacial score (nSPS) is 18.8. The average molecular weight is 419 g/mol. The van der Waals surface area contributed by atoms with Crippen molar-refractivity contribution in [1.82, 2.24) is 9.97 Å². The van der Waals surface area contributed by atoms with E-state index in [1.54, 1.807) is 6.07 Å². The van der Waals surface area contributed by atoms with Gasteiger partial charge in [0, 0.05) is 12.0 Å². The van der Waals surface area contributed by atoms with E-state index >= 15 is 0 Å². The third-order valence-corrected chi connectivity index (χ3v) is 5.48. The van der Waals surface area contributed by atoms with Crippen molar-refractivity contribution in [3.05, 3.63) is 52.5 Å². The van der Waals surface area contributed by atoms with Gasteiger partial charge in [-0.1, -0.05) is 18.2 Å². The maximum absolute atomic E-state index is 14.2. The van der Waals surface area contributed by atoms with E-state index in [9.17, 15) is 13.6 Å². The van der Waals surface area contributed by atoms with Gasteiger partial charge >= 0.3 is 5.97 Å². The fourth-order valence-electron chi connectivity index (χ4n) is 4.00. The topological polar surface area (TPSA) is 82.6 Å². The predicted octanol–water partition coefficient (Wildman–Crippen LogP) is 3.45. The monoisotopic (exact) mass is 419 g/mol. The van der Waals surface area contributed by atoms with Gasteiger partial charge in [-0.05, 0) is 24.5 Å². The molecule has 1 fully saturated rings. The van der Waals surface area contributed by atoms with Crippen molar-refractivity contribution >= 4 is 11.8 Å². The fourth-order valence-corrected chi connectivity index (χ4v) is 4.00. The Morgan fingerprint density at radius 1 is 1.33 bits per heavy atom. The zero-order valence-electron chi connectivity index (χ0n) is 16.8. The molecular weight excluding hydrogens is 396 g/mol. The van der Waals surface area contributed by atoms with E-state index in [2.05, 4.69) is 15.3 Å². The molecule has 0 spiro atoms. The molecule has 1 aliphatic carbocycles. The Kier molecular flexibility index (Phi) is 5.66. The van der Waals surface area contributed by atoms with Crippen LogP contribution in [0.3, 0.4) is 0 Å².